The first-order chi connectivity index (χ1) is 12.1. The van der Waals surface area contributed by atoms with E-state index >= 15 is 0 Å². The SMILES string of the molecule is O=C(CCc1ccc(F)cc1)N1CCN(C(=O)Cc2cccs2)CC1. The van der Waals surface area contributed by atoms with Crippen molar-refractivity contribution in [2.75, 3.05) is 26.2 Å². The van der Waals surface area contributed by atoms with Crippen LogP contribution in [0.3, 0.4) is 0 Å². The van der Waals surface area contributed by atoms with Crippen molar-refractivity contribution in [1.82, 2.24) is 9.80 Å². The third-order valence-electron chi connectivity index (χ3n) is 4.43. The van der Waals surface area contributed by atoms with E-state index in [1.165, 1.54) is 12.1 Å². The third kappa shape index (κ3) is 4.89. The predicted octanol–water partition coefficient (Wildman–Crippen LogP) is 2.73. The second kappa shape index (κ2) is 8.25. The number of hydrogen-bond acceptors (Lipinski definition) is 3. The van der Waals surface area contributed by atoms with Gasteiger partial charge in [0.2, 0.25) is 11.8 Å². The molecule has 25 heavy (non-hydrogen) atoms. The molecule has 0 aliphatic carbocycles. The Morgan fingerprint density at radius 3 is 2.20 bits per heavy atom. The Labute approximate surface area is 150 Å². The van der Waals surface area contributed by atoms with Gasteiger partial charge in [-0.1, -0.05) is 18.2 Å². The fraction of sp³-hybridized carbons (Fsp3) is 0.368. The summed E-state index contributed by atoms with van der Waals surface area (Å²) in [6.45, 7) is 2.34. The lowest BCUT2D eigenvalue weighted by Gasteiger charge is -2.35. The van der Waals surface area contributed by atoms with E-state index in [1.54, 1.807) is 23.5 Å². The van der Waals surface area contributed by atoms with Crippen LogP contribution in [-0.2, 0) is 22.4 Å². The minimum Gasteiger partial charge on any atom is -0.339 e. The molecule has 0 atom stereocenters. The summed E-state index contributed by atoms with van der Waals surface area (Å²) in [7, 11) is 0. The number of halogens is 1. The van der Waals surface area contributed by atoms with E-state index in [0.717, 1.165) is 10.4 Å². The van der Waals surface area contributed by atoms with Gasteiger partial charge in [0, 0.05) is 37.5 Å². The second-order valence-electron chi connectivity index (χ2n) is 6.14. The number of benzene rings is 1. The van der Waals surface area contributed by atoms with Gasteiger partial charge in [-0.15, -0.1) is 11.3 Å². The number of thiophene rings is 1. The molecule has 1 aliphatic rings. The Kier molecular flexibility index (Phi) is 5.81. The van der Waals surface area contributed by atoms with Crippen molar-refractivity contribution in [1.29, 1.82) is 0 Å². The lowest BCUT2D eigenvalue weighted by atomic mass is 10.1. The highest BCUT2D eigenvalue weighted by Crippen LogP contribution is 2.13. The van der Waals surface area contributed by atoms with Crippen LogP contribution in [-0.4, -0.2) is 47.8 Å². The number of hydrogen-bond donors (Lipinski definition) is 0. The molecule has 0 unspecified atom stereocenters. The zero-order chi connectivity index (χ0) is 17.6. The van der Waals surface area contributed by atoms with Gasteiger partial charge in [-0.25, -0.2) is 4.39 Å². The number of piperazine rings is 1. The number of carbonyl (C=O) groups is 2. The molecule has 1 aromatic carbocycles. The summed E-state index contributed by atoms with van der Waals surface area (Å²) in [5.41, 5.74) is 0.958. The first-order valence-corrected chi connectivity index (χ1v) is 9.32. The van der Waals surface area contributed by atoms with Crippen LogP contribution in [0.5, 0.6) is 0 Å². The first-order valence-electron chi connectivity index (χ1n) is 8.44. The van der Waals surface area contributed by atoms with Gasteiger partial charge in [-0.2, -0.15) is 0 Å². The fourth-order valence-electron chi connectivity index (χ4n) is 2.94. The molecule has 0 radical (unpaired) electrons. The van der Waals surface area contributed by atoms with Crippen molar-refractivity contribution in [2.24, 2.45) is 0 Å². The van der Waals surface area contributed by atoms with Crippen molar-refractivity contribution < 1.29 is 14.0 Å². The van der Waals surface area contributed by atoms with Gasteiger partial charge in [0.05, 0.1) is 6.42 Å². The average Bonchev–Trinajstić information content (AvgIpc) is 3.14. The van der Waals surface area contributed by atoms with Crippen LogP contribution in [0, 0.1) is 5.82 Å². The summed E-state index contributed by atoms with van der Waals surface area (Å²) < 4.78 is 12.9. The molecule has 2 heterocycles. The Morgan fingerprint density at radius 2 is 1.60 bits per heavy atom. The van der Waals surface area contributed by atoms with Crippen molar-refractivity contribution in [3.8, 4) is 0 Å². The lowest BCUT2D eigenvalue weighted by molar-refractivity contribution is -0.139. The van der Waals surface area contributed by atoms with E-state index in [9.17, 15) is 14.0 Å². The number of rotatable bonds is 5. The maximum atomic E-state index is 12.9. The maximum absolute atomic E-state index is 12.9. The molecule has 132 valence electrons. The van der Waals surface area contributed by atoms with Gasteiger partial charge >= 0.3 is 0 Å². The standard InChI is InChI=1S/C19H21FN2O2S/c20-16-6-3-15(4-7-16)5-8-18(23)21-9-11-22(12-10-21)19(24)14-17-2-1-13-25-17/h1-4,6-7,13H,5,8-12,14H2. The van der Waals surface area contributed by atoms with Crippen molar-refractivity contribution in [3.63, 3.8) is 0 Å². The van der Waals surface area contributed by atoms with E-state index in [4.69, 9.17) is 0 Å². The molecule has 2 aromatic rings. The summed E-state index contributed by atoms with van der Waals surface area (Å²) in [4.78, 5) is 29.3. The fourth-order valence-corrected chi connectivity index (χ4v) is 3.64. The quantitative estimate of drug-likeness (QED) is 0.823. The van der Waals surface area contributed by atoms with Gasteiger partial charge in [0.25, 0.3) is 0 Å². The predicted molar refractivity (Wildman–Crippen MR) is 95.9 cm³/mol. The number of nitrogens with zero attached hydrogens (tertiary/aromatic N) is 2. The Morgan fingerprint density at radius 1 is 0.960 bits per heavy atom. The summed E-state index contributed by atoms with van der Waals surface area (Å²) in [5.74, 6) is -0.0473. The van der Waals surface area contributed by atoms with Crippen LogP contribution in [0.1, 0.15) is 16.9 Å². The van der Waals surface area contributed by atoms with Gasteiger partial charge in [0.1, 0.15) is 5.82 Å². The van der Waals surface area contributed by atoms with Crippen LogP contribution in [0.2, 0.25) is 0 Å². The first kappa shape index (κ1) is 17.6. The summed E-state index contributed by atoms with van der Waals surface area (Å²) in [5, 5.41) is 1.97. The lowest BCUT2D eigenvalue weighted by Crippen LogP contribution is -2.51. The molecular weight excluding hydrogens is 339 g/mol. The smallest absolute Gasteiger partial charge is 0.227 e. The highest BCUT2D eigenvalue weighted by molar-refractivity contribution is 7.10. The van der Waals surface area contributed by atoms with Crippen molar-refractivity contribution in [2.45, 2.75) is 19.3 Å². The Balaban J connectivity index is 1.42. The van der Waals surface area contributed by atoms with Gasteiger partial charge in [-0.05, 0) is 35.6 Å². The molecule has 1 aromatic heterocycles. The Bertz CT molecular complexity index is 708. The molecule has 1 aliphatic heterocycles. The normalized spacial score (nSPS) is 14.6. The summed E-state index contributed by atoms with van der Waals surface area (Å²) in [6.07, 6.45) is 1.46. The number of aryl methyl sites for hydroxylation is 1. The van der Waals surface area contributed by atoms with Crippen molar-refractivity contribution >= 4 is 23.2 Å². The third-order valence-corrected chi connectivity index (χ3v) is 5.31. The molecule has 1 fully saturated rings. The molecule has 0 saturated carbocycles. The minimum absolute atomic E-state index is 0.0923. The molecule has 1 saturated heterocycles. The minimum atomic E-state index is -0.265. The number of amides is 2. The van der Waals surface area contributed by atoms with E-state index in [-0.39, 0.29) is 17.6 Å². The monoisotopic (exact) mass is 360 g/mol. The molecule has 6 heteroatoms. The average molecular weight is 360 g/mol. The molecular formula is C19H21FN2O2S. The van der Waals surface area contributed by atoms with Gasteiger partial charge in [-0.3, -0.25) is 9.59 Å². The van der Waals surface area contributed by atoms with Crippen LogP contribution in [0.4, 0.5) is 4.39 Å². The van der Waals surface area contributed by atoms with E-state index in [2.05, 4.69) is 0 Å². The molecule has 3 rings (SSSR count). The second-order valence-corrected chi connectivity index (χ2v) is 7.18. The maximum Gasteiger partial charge on any atom is 0.227 e. The zero-order valence-electron chi connectivity index (χ0n) is 14.0. The largest absolute Gasteiger partial charge is 0.339 e. The van der Waals surface area contributed by atoms with Crippen LogP contribution in [0.25, 0.3) is 0 Å². The molecule has 2 amide bonds. The molecule has 0 spiro atoms. The van der Waals surface area contributed by atoms with Crippen LogP contribution in [0.15, 0.2) is 41.8 Å². The van der Waals surface area contributed by atoms with Crippen LogP contribution >= 0.6 is 11.3 Å². The molecule has 0 N–H and O–H groups in total. The van der Waals surface area contributed by atoms with Gasteiger partial charge < -0.3 is 9.80 Å². The van der Waals surface area contributed by atoms with Crippen molar-refractivity contribution in [3.05, 3.63) is 58.0 Å². The van der Waals surface area contributed by atoms with E-state index in [1.807, 2.05) is 27.3 Å². The molecule has 4 nitrogen and oxygen atoms in total. The summed E-state index contributed by atoms with van der Waals surface area (Å²) in [6, 6.07) is 10.2. The highest BCUT2D eigenvalue weighted by Gasteiger charge is 2.24. The molecule has 0 bridgehead atoms. The highest BCUT2D eigenvalue weighted by atomic mass is 32.1. The Hall–Kier alpha value is -2.21. The number of carbonyl (C=O) groups excluding carboxylic acids is 2. The summed E-state index contributed by atoms with van der Waals surface area (Å²) >= 11 is 1.59. The zero-order valence-corrected chi connectivity index (χ0v) is 14.8. The topological polar surface area (TPSA) is 40.6 Å². The van der Waals surface area contributed by atoms with Gasteiger partial charge in [0.15, 0.2) is 0 Å². The van der Waals surface area contributed by atoms with Crippen LogP contribution < -0.4 is 0 Å². The van der Waals surface area contributed by atoms with E-state index in [0.29, 0.717) is 45.4 Å². The van der Waals surface area contributed by atoms with E-state index < -0.39 is 0 Å².